The van der Waals surface area contributed by atoms with Crippen molar-refractivity contribution in [2.24, 2.45) is 0 Å². The molecule has 0 unspecified atom stereocenters. The summed E-state index contributed by atoms with van der Waals surface area (Å²) < 4.78 is 3.44. The number of hydrogen-bond donors (Lipinski definition) is 0. The average molecular weight is 334 g/mol. The molecule has 0 amide bonds. The Balaban J connectivity index is 2.22. The summed E-state index contributed by atoms with van der Waals surface area (Å²) in [6.45, 7) is 0. The topological polar surface area (TPSA) is 4.93 Å². The number of hydrogen-bond acceptors (Lipinski definition) is 0. The second kappa shape index (κ2) is 4.78. The lowest BCUT2D eigenvalue weighted by atomic mass is 9.94. The second-order valence-corrected chi connectivity index (χ2v) is 6.27. The number of para-hydroxylation sites is 1. The van der Waals surface area contributed by atoms with Crippen molar-refractivity contribution < 1.29 is 0 Å². The van der Waals surface area contributed by atoms with E-state index in [1.54, 1.807) is 0 Å². The molecule has 0 aliphatic heterocycles. The van der Waals surface area contributed by atoms with Gasteiger partial charge >= 0.3 is 0 Å². The molecule has 0 bridgehead atoms. The Hall–Kier alpha value is -2.00. The van der Waals surface area contributed by atoms with Crippen LogP contribution in [0.3, 0.4) is 0 Å². The molecular weight excluding hydrogens is 321 g/mol. The van der Waals surface area contributed by atoms with E-state index < -0.39 is 0 Å². The highest BCUT2D eigenvalue weighted by atomic mass is 79.9. The smallest absolute Gasteiger partial charge is 0.139 e. The van der Waals surface area contributed by atoms with Gasteiger partial charge in [-0.2, -0.15) is 0 Å². The zero-order valence-electron chi connectivity index (χ0n) is 11.7. The monoisotopic (exact) mass is 333 g/mol. The van der Waals surface area contributed by atoms with Crippen molar-refractivity contribution in [2.45, 2.75) is 0 Å². The molecule has 1 nitrogen and oxygen atoms in total. The van der Waals surface area contributed by atoms with E-state index in [0.717, 1.165) is 4.47 Å². The number of fused-ring (bicyclic) bond motifs is 3. The lowest BCUT2D eigenvalue weighted by Crippen LogP contribution is -2.00. The number of benzene rings is 3. The molecule has 0 fully saturated rings. The van der Waals surface area contributed by atoms with Crippen molar-refractivity contribution in [1.29, 1.82) is 0 Å². The van der Waals surface area contributed by atoms with Crippen LogP contribution in [0.15, 0.2) is 71.2 Å². The molecular formula is C18H13BBrN. The summed E-state index contributed by atoms with van der Waals surface area (Å²) in [5, 5.41) is 2.59. The summed E-state index contributed by atoms with van der Waals surface area (Å²) in [6.07, 6.45) is 0. The van der Waals surface area contributed by atoms with Gasteiger partial charge in [0.1, 0.15) is 7.85 Å². The molecule has 0 aliphatic carbocycles. The van der Waals surface area contributed by atoms with Crippen molar-refractivity contribution in [3.05, 3.63) is 71.2 Å². The predicted molar refractivity (Wildman–Crippen MR) is 96.7 cm³/mol. The Morgan fingerprint density at radius 1 is 0.762 bits per heavy atom. The first-order chi connectivity index (χ1) is 10.2. The minimum absolute atomic E-state index is 1.11. The van der Waals surface area contributed by atoms with Crippen LogP contribution in [0.25, 0.3) is 27.5 Å². The normalized spacial score (nSPS) is 11.3. The Morgan fingerprint density at radius 3 is 2.19 bits per heavy atom. The lowest BCUT2D eigenvalue weighted by molar-refractivity contribution is 1.18. The van der Waals surface area contributed by atoms with Crippen molar-refractivity contribution in [2.75, 3.05) is 0 Å². The first kappa shape index (κ1) is 12.7. The van der Waals surface area contributed by atoms with E-state index in [0.29, 0.717) is 0 Å². The highest BCUT2D eigenvalue weighted by Crippen LogP contribution is 2.32. The maximum atomic E-state index is 3.59. The van der Waals surface area contributed by atoms with Crippen LogP contribution in [0.4, 0.5) is 0 Å². The fourth-order valence-electron chi connectivity index (χ4n) is 2.96. The van der Waals surface area contributed by atoms with Crippen molar-refractivity contribution in [1.82, 2.24) is 4.57 Å². The molecule has 0 saturated carbocycles. The fourth-order valence-corrected chi connectivity index (χ4v) is 3.33. The molecule has 0 spiro atoms. The van der Waals surface area contributed by atoms with E-state index in [9.17, 15) is 0 Å². The molecule has 4 aromatic rings. The SMILES string of the molecule is Bc1ccc2c(c1)c1cc(Br)ccc1n2-c1ccccc1. The van der Waals surface area contributed by atoms with E-state index >= 15 is 0 Å². The van der Waals surface area contributed by atoms with Gasteiger partial charge in [0.25, 0.3) is 0 Å². The third kappa shape index (κ3) is 2.00. The number of rotatable bonds is 1. The molecule has 0 aliphatic rings. The molecule has 3 heteroatoms. The van der Waals surface area contributed by atoms with Gasteiger partial charge in [-0.3, -0.25) is 0 Å². The zero-order valence-corrected chi connectivity index (χ0v) is 13.3. The van der Waals surface area contributed by atoms with Gasteiger partial charge in [-0.25, -0.2) is 0 Å². The number of aromatic nitrogens is 1. The van der Waals surface area contributed by atoms with Crippen LogP contribution >= 0.6 is 15.9 Å². The van der Waals surface area contributed by atoms with Crippen LogP contribution < -0.4 is 5.46 Å². The first-order valence-electron chi connectivity index (χ1n) is 7.00. The minimum atomic E-state index is 1.11. The number of halogens is 1. The van der Waals surface area contributed by atoms with E-state index in [-0.39, 0.29) is 0 Å². The van der Waals surface area contributed by atoms with Crippen molar-refractivity contribution >= 4 is 51.0 Å². The third-order valence-electron chi connectivity index (χ3n) is 3.90. The summed E-state index contributed by atoms with van der Waals surface area (Å²) in [5.41, 5.74) is 4.98. The van der Waals surface area contributed by atoms with Gasteiger partial charge in [-0.15, -0.1) is 0 Å². The molecule has 0 N–H and O–H groups in total. The summed E-state index contributed by atoms with van der Waals surface area (Å²) >= 11 is 3.59. The van der Waals surface area contributed by atoms with E-state index in [4.69, 9.17) is 0 Å². The largest absolute Gasteiger partial charge is 0.309 e. The average Bonchev–Trinajstić information content (AvgIpc) is 2.81. The van der Waals surface area contributed by atoms with Gasteiger partial charge in [0.05, 0.1) is 11.0 Å². The molecule has 1 aromatic heterocycles. The highest BCUT2D eigenvalue weighted by Gasteiger charge is 2.12. The quantitative estimate of drug-likeness (QED) is 0.467. The summed E-state index contributed by atoms with van der Waals surface area (Å²) in [4.78, 5) is 0. The van der Waals surface area contributed by atoms with E-state index in [1.165, 1.54) is 33.0 Å². The first-order valence-corrected chi connectivity index (χ1v) is 7.79. The summed E-state index contributed by atoms with van der Waals surface area (Å²) in [5.74, 6) is 0. The minimum Gasteiger partial charge on any atom is -0.309 e. The van der Waals surface area contributed by atoms with Crippen LogP contribution in [-0.4, -0.2) is 12.4 Å². The number of nitrogens with zero attached hydrogens (tertiary/aromatic N) is 1. The van der Waals surface area contributed by atoms with E-state index in [1.807, 2.05) is 0 Å². The molecule has 100 valence electrons. The standard InChI is InChI=1S/C18H13BBrN/c19-12-6-8-17-15(10-12)16-11-13(20)7-9-18(16)21(17)14-4-2-1-3-5-14/h1-11H,19H2. The maximum absolute atomic E-state index is 3.59. The maximum Gasteiger partial charge on any atom is 0.139 e. The molecule has 0 saturated heterocycles. The molecule has 4 rings (SSSR count). The molecule has 21 heavy (non-hydrogen) atoms. The molecule has 0 radical (unpaired) electrons. The second-order valence-electron chi connectivity index (χ2n) is 5.35. The highest BCUT2D eigenvalue weighted by molar-refractivity contribution is 9.10. The zero-order chi connectivity index (χ0) is 14.4. The summed E-state index contributed by atoms with van der Waals surface area (Å²) in [7, 11) is 2.14. The Bertz CT molecular complexity index is 898. The molecule has 3 aromatic carbocycles. The lowest BCUT2D eigenvalue weighted by Gasteiger charge is -2.07. The fraction of sp³-hybridized carbons (Fsp3) is 0. The Labute approximate surface area is 132 Å². The van der Waals surface area contributed by atoms with E-state index in [2.05, 4.69) is 95.1 Å². The molecule has 1 heterocycles. The van der Waals surface area contributed by atoms with Gasteiger partial charge in [0.2, 0.25) is 0 Å². The van der Waals surface area contributed by atoms with Crippen molar-refractivity contribution in [3.8, 4) is 5.69 Å². The van der Waals surface area contributed by atoms with Gasteiger partial charge in [-0.05, 0) is 36.4 Å². The van der Waals surface area contributed by atoms with Crippen LogP contribution in [0.5, 0.6) is 0 Å². The molecule has 0 atom stereocenters. The van der Waals surface area contributed by atoms with Crippen molar-refractivity contribution in [3.63, 3.8) is 0 Å². The van der Waals surface area contributed by atoms with Crippen LogP contribution in [0, 0.1) is 0 Å². The third-order valence-corrected chi connectivity index (χ3v) is 4.39. The van der Waals surface area contributed by atoms with Crippen LogP contribution in [0.1, 0.15) is 0 Å². The predicted octanol–water partition coefficient (Wildman–Crippen LogP) is 3.80. The van der Waals surface area contributed by atoms with Gasteiger partial charge in [-0.1, -0.05) is 51.7 Å². The van der Waals surface area contributed by atoms with Gasteiger partial charge in [0, 0.05) is 20.9 Å². The Morgan fingerprint density at radius 2 is 1.43 bits per heavy atom. The van der Waals surface area contributed by atoms with Crippen LogP contribution in [0.2, 0.25) is 0 Å². The van der Waals surface area contributed by atoms with Crippen LogP contribution in [-0.2, 0) is 0 Å². The Kier molecular flexibility index (Phi) is 2.90. The van der Waals surface area contributed by atoms with Gasteiger partial charge < -0.3 is 4.57 Å². The van der Waals surface area contributed by atoms with Gasteiger partial charge in [0.15, 0.2) is 0 Å². The summed E-state index contributed by atoms with van der Waals surface area (Å²) in [6, 6.07) is 23.7.